The number of fused-ring (bicyclic) bond motifs is 1. The number of halogens is 1. The first-order chi connectivity index (χ1) is 15.2. The van der Waals surface area contributed by atoms with Gasteiger partial charge in [-0.1, -0.05) is 22.9 Å². The highest BCUT2D eigenvalue weighted by Crippen LogP contribution is 2.28. The summed E-state index contributed by atoms with van der Waals surface area (Å²) < 4.78 is 27.5. The number of sulfonamides is 1. The molecule has 2 N–H and O–H groups in total. The van der Waals surface area contributed by atoms with Crippen molar-refractivity contribution < 1.29 is 18.0 Å². The molecule has 0 bridgehead atoms. The zero-order valence-corrected chi connectivity index (χ0v) is 19.7. The molecular weight excluding hydrogens is 474 g/mol. The number of thiazole rings is 1. The summed E-state index contributed by atoms with van der Waals surface area (Å²) in [4.78, 5) is 33.7. The Kier molecular flexibility index (Phi) is 6.52. The molecule has 1 aliphatic heterocycles. The molecule has 3 aromatic rings. The Hall–Kier alpha value is -2.47. The zero-order chi connectivity index (χ0) is 22.9. The van der Waals surface area contributed by atoms with Crippen LogP contribution < -0.4 is 5.32 Å². The van der Waals surface area contributed by atoms with Gasteiger partial charge in [-0.15, -0.1) is 0 Å². The van der Waals surface area contributed by atoms with Crippen molar-refractivity contribution in [3.05, 3.63) is 41.2 Å². The van der Waals surface area contributed by atoms with E-state index in [-0.39, 0.29) is 16.5 Å². The van der Waals surface area contributed by atoms with E-state index in [1.165, 1.54) is 30.6 Å². The Balaban J connectivity index is 1.41. The van der Waals surface area contributed by atoms with Gasteiger partial charge >= 0.3 is 0 Å². The van der Waals surface area contributed by atoms with Crippen LogP contribution in [0.3, 0.4) is 0 Å². The molecule has 32 heavy (non-hydrogen) atoms. The number of benzene rings is 1. The zero-order valence-electron chi connectivity index (χ0n) is 17.3. The molecule has 1 aromatic carbocycles. The fraction of sp³-hybridized carbons (Fsp3) is 0.350. The number of amides is 2. The maximum Gasteiger partial charge on any atom is 0.270 e. The van der Waals surface area contributed by atoms with Crippen LogP contribution >= 0.6 is 22.9 Å². The number of nitrogens with zero attached hydrogens (tertiary/aromatic N) is 3. The van der Waals surface area contributed by atoms with Gasteiger partial charge < -0.3 is 15.2 Å². The van der Waals surface area contributed by atoms with E-state index in [1.807, 2.05) is 0 Å². The van der Waals surface area contributed by atoms with E-state index in [1.54, 1.807) is 23.1 Å². The van der Waals surface area contributed by atoms with E-state index in [2.05, 4.69) is 15.3 Å². The van der Waals surface area contributed by atoms with E-state index in [4.69, 9.17) is 11.6 Å². The average molecular weight is 496 g/mol. The van der Waals surface area contributed by atoms with E-state index in [0.29, 0.717) is 28.8 Å². The Labute approximate surface area is 194 Å². The summed E-state index contributed by atoms with van der Waals surface area (Å²) in [7, 11) is -2.65. The van der Waals surface area contributed by atoms with Crippen LogP contribution in [0.2, 0.25) is 5.02 Å². The molecule has 4 rings (SSSR count). The first kappa shape index (κ1) is 22.7. The summed E-state index contributed by atoms with van der Waals surface area (Å²) in [5, 5.41) is 3.54. The standard InChI is InChI=1S/C20H22ClN5O4S2/c1-25(12-18(27)24-20-23-15-6-5-13(21)9-17(15)31-20)32(29,30)14-10-16(22-11-14)19(28)26-7-3-2-4-8-26/h5-6,9-11,22H,2-4,7-8,12H2,1H3,(H,23,24,27). The molecule has 2 amide bonds. The summed E-state index contributed by atoms with van der Waals surface area (Å²) in [6.07, 6.45) is 4.25. The van der Waals surface area contributed by atoms with Gasteiger partial charge in [0.2, 0.25) is 15.9 Å². The summed E-state index contributed by atoms with van der Waals surface area (Å²) in [6.45, 7) is 0.926. The third-order valence-corrected chi connectivity index (χ3v) is 8.15. The molecule has 0 saturated carbocycles. The predicted octanol–water partition coefficient (Wildman–Crippen LogP) is 3.16. The highest BCUT2D eigenvalue weighted by atomic mass is 35.5. The lowest BCUT2D eigenvalue weighted by atomic mass is 10.1. The molecule has 0 atom stereocenters. The highest BCUT2D eigenvalue weighted by Gasteiger charge is 2.27. The lowest BCUT2D eigenvalue weighted by Gasteiger charge is -2.26. The number of carbonyl (C=O) groups is 2. The van der Waals surface area contributed by atoms with E-state index >= 15 is 0 Å². The van der Waals surface area contributed by atoms with Crippen molar-refractivity contribution in [3.63, 3.8) is 0 Å². The van der Waals surface area contributed by atoms with Crippen molar-refractivity contribution in [3.8, 4) is 0 Å². The Morgan fingerprint density at radius 3 is 2.75 bits per heavy atom. The number of carbonyl (C=O) groups excluding carboxylic acids is 2. The van der Waals surface area contributed by atoms with E-state index in [9.17, 15) is 18.0 Å². The maximum absolute atomic E-state index is 12.9. The lowest BCUT2D eigenvalue weighted by Crippen LogP contribution is -2.36. The third-order valence-electron chi connectivity index (χ3n) is 5.20. The molecule has 1 saturated heterocycles. The van der Waals surface area contributed by atoms with Crippen LogP contribution in [0.5, 0.6) is 0 Å². The number of aromatic amines is 1. The maximum atomic E-state index is 12.9. The Morgan fingerprint density at radius 2 is 2.00 bits per heavy atom. The predicted molar refractivity (Wildman–Crippen MR) is 124 cm³/mol. The van der Waals surface area contributed by atoms with Gasteiger partial charge in [0.25, 0.3) is 5.91 Å². The molecule has 0 spiro atoms. The highest BCUT2D eigenvalue weighted by molar-refractivity contribution is 7.89. The largest absolute Gasteiger partial charge is 0.356 e. The van der Waals surface area contributed by atoms with Crippen molar-refractivity contribution in [2.24, 2.45) is 0 Å². The van der Waals surface area contributed by atoms with Gasteiger partial charge in [-0.3, -0.25) is 9.59 Å². The van der Waals surface area contributed by atoms with Crippen LogP contribution in [0.1, 0.15) is 29.8 Å². The summed E-state index contributed by atoms with van der Waals surface area (Å²) in [5.41, 5.74) is 0.908. The van der Waals surface area contributed by atoms with Crippen molar-refractivity contribution >= 4 is 60.1 Å². The minimum absolute atomic E-state index is 0.0669. The fourth-order valence-electron chi connectivity index (χ4n) is 3.49. The monoisotopic (exact) mass is 495 g/mol. The molecule has 9 nitrogen and oxygen atoms in total. The molecule has 12 heteroatoms. The van der Waals surface area contributed by atoms with E-state index in [0.717, 1.165) is 28.3 Å². The van der Waals surface area contributed by atoms with Crippen LogP contribution in [-0.2, 0) is 14.8 Å². The van der Waals surface area contributed by atoms with Gasteiger partial charge in [-0.25, -0.2) is 13.4 Å². The average Bonchev–Trinajstić information content (AvgIpc) is 3.40. The fourth-order valence-corrected chi connectivity index (χ4v) is 5.77. The molecular formula is C20H22ClN5O4S2. The van der Waals surface area contributed by atoms with Crippen LogP contribution in [-0.4, -0.2) is 66.1 Å². The third kappa shape index (κ3) is 4.80. The van der Waals surface area contributed by atoms with Crippen LogP contribution in [0.4, 0.5) is 5.13 Å². The normalized spacial score (nSPS) is 14.8. The number of rotatable bonds is 6. The van der Waals surface area contributed by atoms with Crippen LogP contribution in [0, 0.1) is 0 Å². The minimum atomic E-state index is -3.96. The number of H-pyrrole nitrogens is 1. The smallest absolute Gasteiger partial charge is 0.270 e. The quantitative estimate of drug-likeness (QED) is 0.545. The van der Waals surface area contributed by atoms with Gasteiger partial charge in [-0.2, -0.15) is 4.31 Å². The number of likely N-dealkylation sites (tertiary alicyclic amines) is 1. The number of piperidine rings is 1. The number of hydrogen-bond donors (Lipinski definition) is 2. The van der Waals surface area contributed by atoms with Gasteiger partial charge in [0.05, 0.1) is 16.8 Å². The number of likely N-dealkylation sites (N-methyl/N-ethyl adjacent to an activating group) is 1. The molecule has 170 valence electrons. The second-order valence-electron chi connectivity index (χ2n) is 7.54. The summed E-state index contributed by atoms with van der Waals surface area (Å²) >= 11 is 7.22. The number of nitrogens with one attached hydrogen (secondary N) is 2. The molecule has 1 aliphatic rings. The van der Waals surface area contributed by atoms with Crippen molar-refractivity contribution in [2.75, 3.05) is 32.0 Å². The van der Waals surface area contributed by atoms with E-state index < -0.39 is 22.5 Å². The van der Waals surface area contributed by atoms with Gasteiger partial charge in [0.15, 0.2) is 5.13 Å². The summed E-state index contributed by atoms with van der Waals surface area (Å²) in [5.74, 6) is -0.746. The van der Waals surface area contributed by atoms with Crippen molar-refractivity contribution in [2.45, 2.75) is 24.2 Å². The molecule has 1 fully saturated rings. The second-order valence-corrected chi connectivity index (χ2v) is 11.1. The molecule has 0 aliphatic carbocycles. The van der Waals surface area contributed by atoms with Gasteiger partial charge in [0.1, 0.15) is 10.6 Å². The molecule has 2 aromatic heterocycles. The van der Waals surface area contributed by atoms with Crippen molar-refractivity contribution in [1.29, 1.82) is 0 Å². The first-order valence-electron chi connectivity index (χ1n) is 10.0. The SMILES string of the molecule is CN(CC(=O)Nc1nc2ccc(Cl)cc2s1)S(=O)(=O)c1c[nH]c(C(=O)N2CCCCC2)c1. The first-order valence-corrected chi connectivity index (χ1v) is 12.7. The Morgan fingerprint density at radius 1 is 1.25 bits per heavy atom. The Bertz CT molecular complexity index is 1260. The minimum Gasteiger partial charge on any atom is -0.356 e. The molecule has 3 heterocycles. The second kappa shape index (κ2) is 9.18. The van der Waals surface area contributed by atoms with Gasteiger partial charge in [0, 0.05) is 31.4 Å². The number of hydrogen-bond acceptors (Lipinski definition) is 6. The number of anilines is 1. The van der Waals surface area contributed by atoms with Crippen LogP contribution in [0.15, 0.2) is 35.4 Å². The van der Waals surface area contributed by atoms with Crippen molar-refractivity contribution in [1.82, 2.24) is 19.2 Å². The molecule has 0 unspecified atom stereocenters. The van der Waals surface area contributed by atoms with Crippen LogP contribution in [0.25, 0.3) is 10.2 Å². The topological polar surface area (TPSA) is 115 Å². The number of aromatic nitrogens is 2. The molecule has 0 radical (unpaired) electrons. The van der Waals surface area contributed by atoms with Gasteiger partial charge in [-0.05, 0) is 43.5 Å². The lowest BCUT2D eigenvalue weighted by molar-refractivity contribution is -0.116. The summed E-state index contributed by atoms with van der Waals surface area (Å²) in [6, 6.07) is 6.51.